The zero-order chi connectivity index (χ0) is 17.2. The maximum absolute atomic E-state index is 11.9. The molecule has 0 fully saturated rings. The van der Waals surface area contributed by atoms with Crippen LogP contribution in [0.5, 0.6) is 0 Å². The normalized spacial score (nSPS) is 11.6. The van der Waals surface area contributed by atoms with Gasteiger partial charge in [-0.05, 0) is 25.0 Å². The summed E-state index contributed by atoms with van der Waals surface area (Å²) in [4.78, 5) is 34.7. The molecule has 3 N–H and O–H groups in total. The first-order chi connectivity index (χ1) is 11.0. The van der Waals surface area contributed by atoms with E-state index in [9.17, 15) is 14.4 Å². The third kappa shape index (κ3) is 6.69. The van der Waals surface area contributed by atoms with Gasteiger partial charge in [0.2, 0.25) is 5.91 Å². The van der Waals surface area contributed by atoms with Gasteiger partial charge in [-0.15, -0.1) is 0 Å². The number of hydrogen-bond donors (Lipinski definition) is 3. The van der Waals surface area contributed by atoms with Crippen molar-refractivity contribution >= 4 is 29.4 Å². The molecule has 0 aromatic heterocycles. The van der Waals surface area contributed by atoms with Crippen LogP contribution in [-0.2, 0) is 9.59 Å². The Morgan fingerprint density at radius 1 is 1.17 bits per heavy atom. The summed E-state index contributed by atoms with van der Waals surface area (Å²) in [5, 5.41) is 9.38. The number of halogens is 1. The van der Waals surface area contributed by atoms with Crippen LogP contribution in [-0.4, -0.2) is 22.9 Å². The third-order valence-electron chi connectivity index (χ3n) is 3.41. The molecule has 23 heavy (non-hydrogen) atoms. The van der Waals surface area contributed by atoms with Crippen LogP contribution in [0.15, 0.2) is 24.3 Å². The molecule has 0 unspecified atom stereocenters. The van der Waals surface area contributed by atoms with Gasteiger partial charge in [0.05, 0.1) is 16.5 Å². The van der Waals surface area contributed by atoms with Crippen molar-refractivity contribution in [3.8, 4) is 0 Å². The van der Waals surface area contributed by atoms with E-state index >= 15 is 0 Å². The minimum absolute atomic E-state index is 0.0312. The largest absolute Gasteiger partial charge is 0.481 e. The SMILES string of the molecule is CCCC[C@@H](CCC(=O)NNC(=O)c1ccccc1Cl)C(=O)O. The Morgan fingerprint density at radius 2 is 1.87 bits per heavy atom. The molecule has 2 amide bonds. The quantitative estimate of drug-likeness (QED) is 0.634. The van der Waals surface area contributed by atoms with E-state index in [-0.39, 0.29) is 23.4 Å². The van der Waals surface area contributed by atoms with E-state index in [0.29, 0.717) is 6.42 Å². The van der Waals surface area contributed by atoms with Crippen molar-refractivity contribution in [1.29, 1.82) is 0 Å². The fourth-order valence-electron chi connectivity index (χ4n) is 2.05. The van der Waals surface area contributed by atoms with Crippen LogP contribution in [0, 0.1) is 5.92 Å². The Morgan fingerprint density at radius 3 is 2.48 bits per heavy atom. The Labute approximate surface area is 140 Å². The molecule has 1 rings (SSSR count). The van der Waals surface area contributed by atoms with E-state index < -0.39 is 23.7 Å². The Balaban J connectivity index is 2.40. The molecule has 0 radical (unpaired) electrons. The van der Waals surface area contributed by atoms with Gasteiger partial charge in [-0.25, -0.2) is 0 Å². The van der Waals surface area contributed by atoms with Crippen LogP contribution in [0.4, 0.5) is 0 Å². The average Bonchev–Trinajstić information content (AvgIpc) is 2.52. The van der Waals surface area contributed by atoms with Gasteiger partial charge in [-0.1, -0.05) is 43.5 Å². The summed E-state index contributed by atoms with van der Waals surface area (Å²) in [6.45, 7) is 1.98. The number of carbonyl (C=O) groups is 3. The maximum Gasteiger partial charge on any atom is 0.306 e. The molecule has 1 aromatic rings. The van der Waals surface area contributed by atoms with Gasteiger partial charge in [0, 0.05) is 6.42 Å². The lowest BCUT2D eigenvalue weighted by Crippen LogP contribution is -2.41. The van der Waals surface area contributed by atoms with Gasteiger partial charge in [0.25, 0.3) is 5.91 Å². The summed E-state index contributed by atoms with van der Waals surface area (Å²) in [5.41, 5.74) is 4.78. The predicted molar refractivity (Wildman–Crippen MR) is 86.9 cm³/mol. The van der Waals surface area contributed by atoms with Crippen molar-refractivity contribution in [2.75, 3.05) is 0 Å². The van der Waals surface area contributed by atoms with Gasteiger partial charge in [-0.2, -0.15) is 0 Å². The number of unbranched alkanes of at least 4 members (excludes halogenated alkanes) is 1. The summed E-state index contributed by atoms with van der Waals surface area (Å²) in [5.74, 6) is -2.40. The number of nitrogens with one attached hydrogen (secondary N) is 2. The zero-order valence-electron chi connectivity index (χ0n) is 13.0. The summed E-state index contributed by atoms with van der Waals surface area (Å²) in [6, 6.07) is 6.46. The monoisotopic (exact) mass is 340 g/mol. The summed E-state index contributed by atoms with van der Waals surface area (Å²) in [7, 11) is 0. The number of rotatable bonds is 8. The first-order valence-corrected chi connectivity index (χ1v) is 7.90. The highest BCUT2D eigenvalue weighted by molar-refractivity contribution is 6.33. The van der Waals surface area contributed by atoms with Gasteiger partial charge < -0.3 is 5.11 Å². The maximum atomic E-state index is 11.9. The second-order valence-corrected chi connectivity index (χ2v) is 5.61. The fourth-order valence-corrected chi connectivity index (χ4v) is 2.27. The lowest BCUT2D eigenvalue weighted by molar-refractivity contribution is -0.142. The van der Waals surface area contributed by atoms with Gasteiger partial charge >= 0.3 is 5.97 Å². The first-order valence-electron chi connectivity index (χ1n) is 7.52. The van der Waals surface area contributed by atoms with Crippen molar-refractivity contribution in [2.24, 2.45) is 5.92 Å². The molecule has 0 saturated carbocycles. The van der Waals surface area contributed by atoms with E-state index in [4.69, 9.17) is 16.7 Å². The summed E-state index contributed by atoms with van der Waals surface area (Å²) < 4.78 is 0. The Bertz CT molecular complexity index is 563. The number of carbonyl (C=O) groups excluding carboxylic acids is 2. The van der Waals surface area contributed by atoms with Crippen LogP contribution in [0.3, 0.4) is 0 Å². The topological polar surface area (TPSA) is 95.5 Å². The van der Waals surface area contributed by atoms with Crippen molar-refractivity contribution in [3.05, 3.63) is 34.9 Å². The number of hydrogen-bond acceptors (Lipinski definition) is 3. The van der Waals surface area contributed by atoms with Gasteiger partial charge in [0.15, 0.2) is 0 Å². The van der Waals surface area contributed by atoms with E-state index in [1.165, 1.54) is 6.07 Å². The van der Waals surface area contributed by atoms with Crippen LogP contribution >= 0.6 is 11.6 Å². The van der Waals surface area contributed by atoms with Crippen molar-refractivity contribution in [3.63, 3.8) is 0 Å². The molecule has 0 spiro atoms. The molecule has 0 bridgehead atoms. The second-order valence-electron chi connectivity index (χ2n) is 5.20. The lowest BCUT2D eigenvalue weighted by atomic mass is 9.97. The third-order valence-corrected chi connectivity index (χ3v) is 3.74. The Hall–Kier alpha value is -2.08. The fraction of sp³-hybridized carbons (Fsp3) is 0.438. The average molecular weight is 341 g/mol. The lowest BCUT2D eigenvalue weighted by Gasteiger charge is -2.12. The molecule has 0 heterocycles. The molecule has 0 aliphatic rings. The molecule has 1 atom stereocenters. The molecular weight excluding hydrogens is 320 g/mol. The van der Waals surface area contributed by atoms with Gasteiger partial charge in [-0.3, -0.25) is 25.2 Å². The molecule has 1 aromatic carbocycles. The zero-order valence-corrected chi connectivity index (χ0v) is 13.7. The van der Waals surface area contributed by atoms with Crippen molar-refractivity contribution in [1.82, 2.24) is 10.9 Å². The number of aliphatic carboxylic acids is 1. The predicted octanol–water partition coefficient (Wildman–Crippen LogP) is 2.77. The molecule has 0 aliphatic carbocycles. The van der Waals surface area contributed by atoms with E-state index in [1.807, 2.05) is 6.92 Å². The van der Waals surface area contributed by atoms with E-state index in [0.717, 1.165) is 12.8 Å². The highest BCUT2D eigenvalue weighted by Gasteiger charge is 2.18. The van der Waals surface area contributed by atoms with Crippen LogP contribution < -0.4 is 10.9 Å². The second kappa shape index (κ2) is 9.84. The number of hydrazine groups is 1. The molecular formula is C16H21ClN2O4. The number of carboxylic acids is 1. The van der Waals surface area contributed by atoms with Crippen molar-refractivity contribution in [2.45, 2.75) is 39.0 Å². The van der Waals surface area contributed by atoms with Crippen LogP contribution in [0.1, 0.15) is 49.4 Å². The summed E-state index contributed by atoms with van der Waals surface area (Å²) in [6.07, 6.45) is 2.53. The van der Waals surface area contributed by atoms with Crippen molar-refractivity contribution < 1.29 is 19.5 Å². The number of carboxylic acid groups (broad SMARTS) is 1. The number of benzene rings is 1. The Kier molecular flexibility index (Phi) is 8.11. The van der Waals surface area contributed by atoms with Crippen LogP contribution in [0.2, 0.25) is 5.02 Å². The highest BCUT2D eigenvalue weighted by Crippen LogP contribution is 2.15. The molecule has 126 valence electrons. The smallest absolute Gasteiger partial charge is 0.306 e. The van der Waals surface area contributed by atoms with Crippen LogP contribution in [0.25, 0.3) is 0 Å². The molecule has 0 aliphatic heterocycles. The summed E-state index contributed by atoms with van der Waals surface area (Å²) >= 11 is 5.88. The van der Waals surface area contributed by atoms with E-state index in [2.05, 4.69) is 10.9 Å². The molecule has 6 nitrogen and oxygen atoms in total. The highest BCUT2D eigenvalue weighted by atomic mass is 35.5. The number of amides is 2. The minimum atomic E-state index is -0.897. The van der Waals surface area contributed by atoms with Gasteiger partial charge in [0.1, 0.15) is 0 Å². The molecule has 7 heteroatoms. The minimum Gasteiger partial charge on any atom is -0.481 e. The first kappa shape index (κ1) is 19.0. The standard InChI is InChI=1S/C16H21ClN2O4/c1-2-3-6-11(16(22)23)9-10-14(20)18-19-15(21)12-7-4-5-8-13(12)17/h4-5,7-8,11H,2-3,6,9-10H2,1H3,(H,18,20)(H,19,21)(H,22,23)/t11-/m0/s1. The molecule has 0 saturated heterocycles. The van der Waals surface area contributed by atoms with E-state index in [1.54, 1.807) is 18.2 Å².